The van der Waals surface area contributed by atoms with Crippen LogP contribution in [-0.2, 0) is 9.53 Å². The highest BCUT2D eigenvalue weighted by Crippen LogP contribution is 2.32. The van der Waals surface area contributed by atoms with Gasteiger partial charge in [-0.25, -0.2) is 14.0 Å². The lowest BCUT2D eigenvalue weighted by atomic mass is 9.94. The number of esters is 1. The molecule has 0 saturated carbocycles. The molecule has 8 nitrogen and oxygen atoms in total. The Balaban J connectivity index is 1.60. The maximum Gasteiger partial charge on any atom is 0.338 e. The van der Waals surface area contributed by atoms with Gasteiger partial charge in [0.2, 0.25) is 0 Å². The van der Waals surface area contributed by atoms with Crippen molar-refractivity contribution in [3.05, 3.63) is 81.8 Å². The Morgan fingerprint density at radius 2 is 1.84 bits per heavy atom. The van der Waals surface area contributed by atoms with Gasteiger partial charge in [-0.05, 0) is 43.7 Å². The molecule has 2 aromatic carbocycles. The zero-order chi connectivity index (χ0) is 26.7. The van der Waals surface area contributed by atoms with Gasteiger partial charge in [-0.1, -0.05) is 35.9 Å². The summed E-state index contributed by atoms with van der Waals surface area (Å²) in [5.74, 6) is -1.41. The van der Waals surface area contributed by atoms with E-state index in [1.807, 2.05) is 6.92 Å². The first kappa shape index (κ1) is 26.6. The van der Waals surface area contributed by atoms with E-state index in [1.54, 1.807) is 55.3 Å². The Kier molecular flexibility index (Phi) is 8.14. The number of amides is 3. The summed E-state index contributed by atoms with van der Waals surface area (Å²) >= 11 is 6.05. The largest absolute Gasteiger partial charge is 0.463 e. The van der Waals surface area contributed by atoms with E-state index in [0.29, 0.717) is 48.0 Å². The number of likely N-dealkylation sites (N-methyl/N-ethyl adjacent to an activating group) is 1. The summed E-state index contributed by atoms with van der Waals surface area (Å²) in [4.78, 5) is 44.2. The van der Waals surface area contributed by atoms with Crippen LogP contribution < -0.4 is 5.32 Å². The second kappa shape index (κ2) is 11.3. The molecule has 2 atom stereocenters. The van der Waals surface area contributed by atoms with E-state index in [0.717, 1.165) is 0 Å². The molecule has 0 unspecified atom stereocenters. The number of hydrogen-bond donors (Lipinski definition) is 1. The number of piperazine rings is 1. The summed E-state index contributed by atoms with van der Waals surface area (Å²) in [5.41, 5.74) is 1.64. The number of rotatable bonds is 6. The molecule has 2 aromatic rings. The molecular weight excluding hydrogens is 499 g/mol. The molecule has 0 bridgehead atoms. The maximum absolute atomic E-state index is 14.2. The summed E-state index contributed by atoms with van der Waals surface area (Å²) < 4.78 is 19.6. The highest BCUT2D eigenvalue weighted by Gasteiger charge is 2.38. The number of carbonyl (C=O) groups is 3. The third-order valence-electron chi connectivity index (χ3n) is 6.73. The lowest BCUT2D eigenvalue weighted by Gasteiger charge is -2.42. The van der Waals surface area contributed by atoms with Gasteiger partial charge in [0.1, 0.15) is 5.82 Å². The van der Waals surface area contributed by atoms with Crippen LogP contribution in [0.1, 0.15) is 35.8 Å². The van der Waals surface area contributed by atoms with Gasteiger partial charge in [0.25, 0.3) is 5.91 Å². The molecule has 37 heavy (non-hydrogen) atoms. The number of nitrogens with one attached hydrogen (secondary N) is 1. The van der Waals surface area contributed by atoms with Crippen molar-refractivity contribution in [2.45, 2.75) is 25.9 Å². The van der Waals surface area contributed by atoms with E-state index in [-0.39, 0.29) is 30.2 Å². The molecule has 1 N–H and O–H groups in total. The number of hydrogen-bond acceptors (Lipinski definition) is 5. The van der Waals surface area contributed by atoms with Gasteiger partial charge in [-0.15, -0.1) is 0 Å². The molecule has 1 fully saturated rings. The van der Waals surface area contributed by atoms with Crippen molar-refractivity contribution in [1.29, 1.82) is 0 Å². The molecule has 0 aliphatic carbocycles. The first-order valence-electron chi connectivity index (χ1n) is 12.2. The summed E-state index contributed by atoms with van der Waals surface area (Å²) in [7, 11) is 1.61. The zero-order valence-corrected chi connectivity index (χ0v) is 21.8. The van der Waals surface area contributed by atoms with Gasteiger partial charge in [0, 0.05) is 50.0 Å². The minimum absolute atomic E-state index is 0.0459. The molecule has 1 saturated heterocycles. The Bertz CT molecular complexity index is 1220. The topological polar surface area (TPSA) is 82.2 Å². The molecule has 196 valence electrons. The molecule has 3 amide bonds. The standard InChI is InChI=1S/C27H30ClFN4O4/c1-4-37-26(35)23-22(31(3)27(36)30-24(23)18-9-11-19(28)12-10-18)16-32-13-14-33(17(2)15-32)25(34)20-7-5-6-8-21(20)29/h5-12,17,24H,4,13-16H2,1-3H3,(H,30,36)/t17-,24-/m1/s1. The second-order valence-electron chi connectivity index (χ2n) is 9.14. The van der Waals surface area contributed by atoms with Gasteiger partial charge in [-0.2, -0.15) is 0 Å². The van der Waals surface area contributed by atoms with Gasteiger partial charge < -0.3 is 15.0 Å². The smallest absolute Gasteiger partial charge is 0.338 e. The molecule has 0 spiro atoms. The van der Waals surface area contributed by atoms with E-state index in [1.165, 1.54) is 17.0 Å². The summed E-state index contributed by atoms with van der Waals surface area (Å²) in [6.45, 7) is 5.48. The SMILES string of the molecule is CCOC(=O)C1=C(CN2CCN(C(=O)c3ccccc3F)[C@H](C)C2)N(C)C(=O)N[C@@H]1c1ccc(Cl)cc1. The zero-order valence-electron chi connectivity index (χ0n) is 21.0. The number of carbonyl (C=O) groups excluding carboxylic acids is 3. The van der Waals surface area contributed by atoms with Crippen molar-refractivity contribution in [3.8, 4) is 0 Å². The number of benzene rings is 2. The predicted octanol–water partition coefficient (Wildman–Crippen LogP) is 3.84. The van der Waals surface area contributed by atoms with Gasteiger partial charge >= 0.3 is 12.0 Å². The van der Waals surface area contributed by atoms with Crippen molar-refractivity contribution in [1.82, 2.24) is 20.0 Å². The lowest BCUT2D eigenvalue weighted by molar-refractivity contribution is -0.139. The fourth-order valence-corrected chi connectivity index (χ4v) is 4.91. The van der Waals surface area contributed by atoms with Crippen LogP contribution in [0.25, 0.3) is 0 Å². The highest BCUT2D eigenvalue weighted by atomic mass is 35.5. The highest BCUT2D eigenvalue weighted by molar-refractivity contribution is 6.30. The quantitative estimate of drug-likeness (QED) is 0.576. The summed E-state index contributed by atoms with van der Waals surface area (Å²) in [6, 6.07) is 11.7. The molecule has 0 aromatic heterocycles. The van der Waals surface area contributed by atoms with Crippen LogP contribution in [0.2, 0.25) is 5.02 Å². The van der Waals surface area contributed by atoms with Crippen molar-refractivity contribution in [2.24, 2.45) is 0 Å². The Hall–Kier alpha value is -3.43. The first-order chi connectivity index (χ1) is 17.7. The van der Waals surface area contributed by atoms with Gasteiger partial charge in [-0.3, -0.25) is 14.6 Å². The second-order valence-corrected chi connectivity index (χ2v) is 9.57. The number of ether oxygens (including phenoxy) is 1. The average Bonchev–Trinajstić information content (AvgIpc) is 2.87. The lowest BCUT2D eigenvalue weighted by Crippen LogP contribution is -2.56. The normalized spacial score (nSPS) is 20.6. The minimum atomic E-state index is -0.698. The van der Waals surface area contributed by atoms with Crippen molar-refractivity contribution >= 4 is 29.5 Å². The van der Waals surface area contributed by atoms with E-state index in [9.17, 15) is 18.8 Å². The Morgan fingerprint density at radius 1 is 1.14 bits per heavy atom. The third-order valence-corrected chi connectivity index (χ3v) is 6.98. The van der Waals surface area contributed by atoms with Crippen LogP contribution in [0.4, 0.5) is 9.18 Å². The van der Waals surface area contributed by atoms with E-state index in [4.69, 9.17) is 16.3 Å². The van der Waals surface area contributed by atoms with Crippen LogP contribution in [0, 0.1) is 5.82 Å². The van der Waals surface area contributed by atoms with Crippen LogP contribution in [0.5, 0.6) is 0 Å². The van der Waals surface area contributed by atoms with Crippen LogP contribution in [-0.4, -0.2) is 78.5 Å². The van der Waals surface area contributed by atoms with E-state index < -0.39 is 17.8 Å². The van der Waals surface area contributed by atoms with Crippen molar-refractivity contribution in [2.75, 3.05) is 39.8 Å². The van der Waals surface area contributed by atoms with Crippen molar-refractivity contribution in [3.63, 3.8) is 0 Å². The monoisotopic (exact) mass is 528 g/mol. The van der Waals surface area contributed by atoms with Crippen LogP contribution in [0.3, 0.4) is 0 Å². The fraction of sp³-hybridized carbons (Fsp3) is 0.370. The molecular formula is C27H30ClFN4O4. The molecule has 10 heteroatoms. The minimum Gasteiger partial charge on any atom is -0.463 e. The number of halogens is 2. The average molecular weight is 529 g/mol. The summed E-state index contributed by atoms with van der Waals surface area (Å²) in [6.07, 6.45) is 0. The molecule has 0 radical (unpaired) electrons. The first-order valence-corrected chi connectivity index (χ1v) is 12.6. The predicted molar refractivity (Wildman–Crippen MR) is 137 cm³/mol. The van der Waals surface area contributed by atoms with Crippen LogP contribution >= 0.6 is 11.6 Å². The number of urea groups is 1. The maximum atomic E-state index is 14.2. The molecule has 4 rings (SSSR count). The van der Waals surface area contributed by atoms with Gasteiger partial charge in [0.05, 0.1) is 23.8 Å². The van der Waals surface area contributed by atoms with Crippen molar-refractivity contribution < 1.29 is 23.5 Å². The molecule has 2 aliphatic rings. The van der Waals surface area contributed by atoms with Crippen LogP contribution in [0.15, 0.2) is 59.8 Å². The summed E-state index contributed by atoms with van der Waals surface area (Å²) in [5, 5.41) is 3.43. The molecule has 2 aliphatic heterocycles. The van der Waals surface area contributed by atoms with Gasteiger partial charge in [0.15, 0.2) is 0 Å². The van der Waals surface area contributed by atoms with E-state index in [2.05, 4.69) is 10.2 Å². The third kappa shape index (κ3) is 5.62. The van der Waals surface area contributed by atoms with E-state index >= 15 is 0 Å². The fourth-order valence-electron chi connectivity index (χ4n) is 4.78. The Morgan fingerprint density at radius 3 is 2.49 bits per heavy atom. The Labute approximate surface area is 220 Å². The number of nitrogens with zero attached hydrogens (tertiary/aromatic N) is 3. The molecule has 2 heterocycles.